The first-order valence-electron chi connectivity index (χ1n) is 11.5. The van der Waals surface area contributed by atoms with Gasteiger partial charge in [0.2, 0.25) is 5.91 Å². The molecule has 1 aliphatic heterocycles. The monoisotopic (exact) mass is 420 g/mol. The molecule has 5 heteroatoms. The lowest BCUT2D eigenvalue weighted by molar-refractivity contribution is -0.137. The molecular formula is C26H32N2O3. The number of carbonyl (C=O) groups is 2. The van der Waals surface area contributed by atoms with Crippen molar-refractivity contribution in [3.05, 3.63) is 66.2 Å². The highest BCUT2D eigenvalue weighted by atomic mass is 16.5. The number of benzene rings is 2. The van der Waals surface area contributed by atoms with E-state index in [4.69, 9.17) is 4.74 Å². The summed E-state index contributed by atoms with van der Waals surface area (Å²) < 4.78 is 5.58. The van der Waals surface area contributed by atoms with Gasteiger partial charge in [0.25, 0.3) is 5.91 Å². The van der Waals surface area contributed by atoms with Crippen LogP contribution in [0.25, 0.3) is 0 Å². The van der Waals surface area contributed by atoms with Crippen LogP contribution in [0.2, 0.25) is 0 Å². The predicted molar refractivity (Wildman–Crippen MR) is 121 cm³/mol. The van der Waals surface area contributed by atoms with Gasteiger partial charge in [-0.1, -0.05) is 61.4 Å². The van der Waals surface area contributed by atoms with Crippen LogP contribution in [0.4, 0.5) is 0 Å². The zero-order valence-electron chi connectivity index (χ0n) is 18.0. The molecule has 2 fully saturated rings. The lowest BCUT2D eigenvalue weighted by Crippen LogP contribution is -2.45. The summed E-state index contributed by atoms with van der Waals surface area (Å²) in [6, 6.07) is 19.8. The number of nitrogens with zero attached hydrogens (tertiary/aromatic N) is 1. The minimum absolute atomic E-state index is 0.0178. The van der Waals surface area contributed by atoms with Gasteiger partial charge in [0.05, 0.1) is 6.04 Å². The van der Waals surface area contributed by atoms with Gasteiger partial charge in [0, 0.05) is 19.0 Å². The summed E-state index contributed by atoms with van der Waals surface area (Å²) in [4.78, 5) is 27.4. The van der Waals surface area contributed by atoms with Crippen LogP contribution in [-0.4, -0.2) is 36.4 Å². The maximum absolute atomic E-state index is 13.1. The molecule has 1 N–H and O–H groups in total. The minimum atomic E-state index is -0.0355. The normalized spacial score (nSPS) is 18.5. The molecule has 1 saturated heterocycles. The first-order valence-corrected chi connectivity index (χ1v) is 11.5. The number of likely N-dealkylation sites (tertiary alicyclic amines) is 1. The van der Waals surface area contributed by atoms with E-state index >= 15 is 0 Å². The van der Waals surface area contributed by atoms with Gasteiger partial charge in [-0.25, -0.2) is 0 Å². The van der Waals surface area contributed by atoms with Crippen molar-refractivity contribution in [3.63, 3.8) is 0 Å². The molecule has 0 radical (unpaired) electrons. The summed E-state index contributed by atoms with van der Waals surface area (Å²) >= 11 is 0. The molecule has 1 heterocycles. The van der Waals surface area contributed by atoms with Gasteiger partial charge in [-0.2, -0.15) is 0 Å². The van der Waals surface area contributed by atoms with E-state index in [1.54, 1.807) is 0 Å². The Morgan fingerprint density at radius 3 is 2.16 bits per heavy atom. The van der Waals surface area contributed by atoms with Gasteiger partial charge in [-0.15, -0.1) is 0 Å². The second-order valence-electron chi connectivity index (χ2n) is 8.70. The topological polar surface area (TPSA) is 58.6 Å². The molecule has 1 atom stereocenters. The molecule has 4 rings (SSSR count). The predicted octanol–water partition coefficient (Wildman–Crippen LogP) is 4.35. The Balaban J connectivity index is 1.28. The average molecular weight is 421 g/mol. The molecule has 1 saturated carbocycles. The Bertz CT molecular complexity index is 841. The lowest BCUT2D eigenvalue weighted by Gasteiger charge is -2.33. The van der Waals surface area contributed by atoms with Crippen molar-refractivity contribution in [3.8, 4) is 5.75 Å². The number of nitrogens with one attached hydrogen (secondary N) is 1. The number of hydrogen-bond acceptors (Lipinski definition) is 3. The number of para-hydroxylation sites is 1. The molecule has 1 aliphatic carbocycles. The van der Waals surface area contributed by atoms with Crippen LogP contribution < -0.4 is 10.1 Å². The molecule has 0 aromatic heterocycles. The highest BCUT2D eigenvalue weighted by molar-refractivity contribution is 5.81. The first-order chi connectivity index (χ1) is 15.2. The second-order valence-corrected chi connectivity index (χ2v) is 8.70. The zero-order chi connectivity index (χ0) is 21.5. The smallest absolute Gasteiger partial charge is 0.260 e. The van der Waals surface area contributed by atoms with Crippen LogP contribution in [0.5, 0.6) is 5.75 Å². The highest BCUT2D eigenvalue weighted by Crippen LogP contribution is 2.36. The Morgan fingerprint density at radius 2 is 1.52 bits per heavy atom. The van der Waals surface area contributed by atoms with Gasteiger partial charge >= 0.3 is 0 Å². The number of amides is 2. The van der Waals surface area contributed by atoms with E-state index in [2.05, 4.69) is 17.4 Å². The first kappa shape index (κ1) is 21.4. The van der Waals surface area contributed by atoms with E-state index in [1.807, 2.05) is 53.4 Å². The van der Waals surface area contributed by atoms with Crippen molar-refractivity contribution in [2.75, 3.05) is 19.7 Å². The summed E-state index contributed by atoms with van der Waals surface area (Å²) in [6.45, 7) is 1.25. The van der Waals surface area contributed by atoms with Crippen LogP contribution >= 0.6 is 0 Å². The quantitative estimate of drug-likeness (QED) is 0.724. The maximum atomic E-state index is 13.1. The van der Waals surface area contributed by atoms with Gasteiger partial charge in [-0.05, 0) is 49.3 Å². The maximum Gasteiger partial charge on any atom is 0.260 e. The molecule has 1 unspecified atom stereocenters. The van der Waals surface area contributed by atoms with Gasteiger partial charge < -0.3 is 15.0 Å². The lowest BCUT2D eigenvalue weighted by atomic mass is 9.89. The SMILES string of the molecule is O=C(NC(c1ccccc1)C1CCCC1)C1CCN(C(=O)COc2ccccc2)CC1. The molecule has 164 valence electrons. The van der Waals surface area contributed by atoms with Crippen LogP contribution in [0.1, 0.15) is 50.1 Å². The summed E-state index contributed by atoms with van der Waals surface area (Å²) in [7, 11) is 0. The third-order valence-corrected chi connectivity index (χ3v) is 6.65. The van der Waals surface area contributed by atoms with E-state index in [-0.39, 0.29) is 30.4 Å². The molecule has 2 aliphatic rings. The van der Waals surface area contributed by atoms with Crippen molar-refractivity contribution in [1.29, 1.82) is 0 Å². The Labute approximate surface area is 184 Å². The fourth-order valence-corrected chi connectivity index (χ4v) is 4.84. The van der Waals surface area contributed by atoms with E-state index in [9.17, 15) is 9.59 Å². The molecule has 31 heavy (non-hydrogen) atoms. The molecule has 2 aromatic carbocycles. The van der Waals surface area contributed by atoms with Gasteiger partial charge in [0.15, 0.2) is 6.61 Å². The molecule has 2 aromatic rings. The number of rotatable bonds is 7. The van der Waals surface area contributed by atoms with Crippen molar-refractivity contribution in [2.24, 2.45) is 11.8 Å². The van der Waals surface area contributed by atoms with E-state index in [0.717, 1.165) is 0 Å². The third-order valence-electron chi connectivity index (χ3n) is 6.65. The molecule has 2 amide bonds. The van der Waals surface area contributed by atoms with E-state index in [0.29, 0.717) is 37.6 Å². The summed E-state index contributed by atoms with van der Waals surface area (Å²) in [6.07, 6.45) is 6.25. The fraction of sp³-hybridized carbons (Fsp3) is 0.462. The number of piperidine rings is 1. The van der Waals surface area contributed by atoms with Crippen LogP contribution in [0, 0.1) is 11.8 Å². The van der Waals surface area contributed by atoms with Crippen molar-refractivity contribution in [1.82, 2.24) is 10.2 Å². The molecule has 0 bridgehead atoms. The minimum Gasteiger partial charge on any atom is -0.484 e. The molecule has 5 nitrogen and oxygen atoms in total. The fourth-order valence-electron chi connectivity index (χ4n) is 4.84. The van der Waals surface area contributed by atoms with E-state index in [1.165, 1.54) is 31.2 Å². The average Bonchev–Trinajstić information content (AvgIpc) is 3.37. The Morgan fingerprint density at radius 1 is 0.903 bits per heavy atom. The van der Waals surface area contributed by atoms with Crippen LogP contribution in [0.3, 0.4) is 0 Å². The van der Waals surface area contributed by atoms with Gasteiger partial charge in [0.1, 0.15) is 5.75 Å². The largest absolute Gasteiger partial charge is 0.484 e. The third kappa shape index (κ3) is 5.66. The van der Waals surface area contributed by atoms with Crippen molar-refractivity contribution in [2.45, 2.75) is 44.6 Å². The van der Waals surface area contributed by atoms with Crippen LogP contribution in [0.15, 0.2) is 60.7 Å². The number of ether oxygens (including phenoxy) is 1. The Kier molecular flexibility index (Phi) is 7.23. The summed E-state index contributed by atoms with van der Waals surface area (Å²) in [5, 5.41) is 3.37. The number of carbonyl (C=O) groups excluding carboxylic acids is 2. The van der Waals surface area contributed by atoms with Crippen LogP contribution in [-0.2, 0) is 9.59 Å². The summed E-state index contributed by atoms with van der Waals surface area (Å²) in [5.74, 6) is 1.29. The highest BCUT2D eigenvalue weighted by Gasteiger charge is 2.32. The molecular weight excluding hydrogens is 388 g/mol. The van der Waals surface area contributed by atoms with Crippen molar-refractivity contribution >= 4 is 11.8 Å². The second kappa shape index (κ2) is 10.5. The summed E-state index contributed by atoms with van der Waals surface area (Å²) in [5.41, 5.74) is 1.20. The van der Waals surface area contributed by atoms with Gasteiger partial charge in [-0.3, -0.25) is 9.59 Å². The zero-order valence-corrected chi connectivity index (χ0v) is 18.0. The van der Waals surface area contributed by atoms with E-state index < -0.39 is 0 Å². The number of hydrogen-bond donors (Lipinski definition) is 1. The standard InChI is InChI=1S/C26H32N2O3/c29-24(19-31-23-13-5-2-6-14-23)28-17-15-22(16-18-28)26(30)27-25(21-11-7-8-12-21)20-9-3-1-4-10-20/h1-6,9-10,13-14,21-22,25H,7-8,11-12,15-19H2,(H,27,30). The van der Waals surface area contributed by atoms with Crippen molar-refractivity contribution < 1.29 is 14.3 Å². The Hall–Kier alpha value is -2.82. The molecule has 0 spiro atoms.